The van der Waals surface area contributed by atoms with Crippen molar-refractivity contribution >= 4 is 35.0 Å². The van der Waals surface area contributed by atoms with Crippen molar-refractivity contribution in [3.05, 3.63) is 69.4 Å². The van der Waals surface area contributed by atoms with Gasteiger partial charge in [-0.1, -0.05) is 45.9 Å². The number of amides is 3. The number of hydrogen-bond donors (Lipinski definition) is 3. The first-order valence-electron chi connectivity index (χ1n) is 22.1. The van der Waals surface area contributed by atoms with E-state index < -0.39 is 53.5 Å². The van der Waals surface area contributed by atoms with E-state index in [9.17, 15) is 34.4 Å². The number of benzene rings is 2. The van der Waals surface area contributed by atoms with E-state index in [-0.39, 0.29) is 48.5 Å². The van der Waals surface area contributed by atoms with Gasteiger partial charge in [-0.3, -0.25) is 14.3 Å². The molecular weight excluding hydrogens is 829 g/mol. The number of nitrogens with one attached hydrogen (secondary N) is 2. The van der Waals surface area contributed by atoms with E-state index in [1.54, 1.807) is 38.8 Å². The third-order valence-corrected chi connectivity index (χ3v) is 11.5. The Labute approximate surface area is 375 Å². The van der Waals surface area contributed by atoms with Gasteiger partial charge in [0.2, 0.25) is 5.91 Å². The van der Waals surface area contributed by atoms with E-state index in [1.807, 2.05) is 25.6 Å². The topological polar surface area (TPSA) is 223 Å². The maximum atomic E-state index is 13.9. The van der Waals surface area contributed by atoms with Gasteiger partial charge in [0.1, 0.15) is 18.0 Å². The van der Waals surface area contributed by atoms with Gasteiger partial charge >= 0.3 is 12.2 Å². The van der Waals surface area contributed by atoms with E-state index in [0.717, 1.165) is 35.0 Å². The minimum absolute atomic E-state index is 0.0535. The number of nitrogens with zero attached hydrogens (tertiary/aromatic N) is 4. The molecule has 18 nitrogen and oxygen atoms in total. The predicted molar refractivity (Wildman–Crippen MR) is 238 cm³/mol. The van der Waals surface area contributed by atoms with Gasteiger partial charge in [0.15, 0.2) is 6.61 Å². The monoisotopic (exact) mass is 896 g/mol. The highest BCUT2D eigenvalue weighted by Gasteiger charge is 2.35. The van der Waals surface area contributed by atoms with E-state index in [0.29, 0.717) is 50.9 Å². The molecule has 1 aromatic heterocycles. The fourth-order valence-corrected chi connectivity index (χ4v) is 7.92. The molecular formula is C46H68N6O12. The number of alkyl carbamates (subject to hydrolysis) is 1. The van der Waals surface area contributed by atoms with Crippen LogP contribution in [-0.4, -0.2) is 106 Å². The molecule has 3 amide bonds. The smallest absolute Gasteiger partial charge is 0.444 e. The van der Waals surface area contributed by atoms with Gasteiger partial charge in [-0.05, 0) is 119 Å². The minimum Gasteiger partial charge on any atom is -0.444 e. The average Bonchev–Trinajstić information content (AvgIpc) is 3.53. The van der Waals surface area contributed by atoms with Crippen LogP contribution in [0.3, 0.4) is 0 Å². The summed E-state index contributed by atoms with van der Waals surface area (Å²) in [5.41, 5.74) is 2.83. The summed E-state index contributed by atoms with van der Waals surface area (Å²) in [6.07, 6.45) is 1.00. The Morgan fingerprint density at radius 3 is 2.36 bits per heavy atom. The number of carbonyl (C=O) groups excluding carboxylic acids is 4. The summed E-state index contributed by atoms with van der Waals surface area (Å²) in [5, 5.41) is 33.5. The van der Waals surface area contributed by atoms with Crippen molar-refractivity contribution in [3.8, 4) is 5.75 Å². The van der Waals surface area contributed by atoms with Crippen LogP contribution in [0, 0.1) is 33.8 Å². The van der Waals surface area contributed by atoms with Crippen LogP contribution < -0.4 is 15.4 Å². The van der Waals surface area contributed by atoms with Crippen molar-refractivity contribution < 1.29 is 53.2 Å². The van der Waals surface area contributed by atoms with E-state index in [4.69, 9.17) is 24.0 Å². The number of aliphatic hydroxyl groups is 1. The maximum absolute atomic E-state index is 13.9. The Balaban J connectivity index is 1.36. The number of methoxy groups -OCH3 is 1. The summed E-state index contributed by atoms with van der Waals surface area (Å²) in [7, 11) is 3.64. The molecule has 0 bridgehead atoms. The lowest BCUT2D eigenvalue weighted by Gasteiger charge is -2.35. The summed E-state index contributed by atoms with van der Waals surface area (Å²) in [4.78, 5) is 68.7. The molecule has 1 saturated heterocycles. The Morgan fingerprint density at radius 2 is 1.72 bits per heavy atom. The van der Waals surface area contributed by atoms with Crippen molar-refractivity contribution in [3.63, 3.8) is 0 Å². The van der Waals surface area contributed by atoms with Gasteiger partial charge < -0.3 is 44.4 Å². The van der Waals surface area contributed by atoms with Gasteiger partial charge in [-0.2, -0.15) is 5.10 Å². The molecule has 0 spiro atoms. The molecule has 1 aliphatic heterocycles. The molecule has 3 aromatic rings. The lowest BCUT2D eigenvalue weighted by Crippen LogP contribution is -2.51. The molecule has 0 aliphatic carbocycles. The van der Waals surface area contributed by atoms with Crippen LogP contribution in [0.1, 0.15) is 97.4 Å². The van der Waals surface area contributed by atoms with Crippen molar-refractivity contribution in [2.75, 3.05) is 33.4 Å². The first kappa shape index (κ1) is 51.1. The average molecular weight is 897 g/mol. The van der Waals surface area contributed by atoms with Crippen molar-refractivity contribution in [1.29, 1.82) is 0 Å². The number of aryl methyl sites for hydroxylation is 2. The van der Waals surface area contributed by atoms with Crippen molar-refractivity contribution in [2.24, 2.45) is 30.7 Å². The molecule has 64 heavy (non-hydrogen) atoms. The van der Waals surface area contributed by atoms with E-state index >= 15 is 0 Å². The largest absolute Gasteiger partial charge is 0.514 e. The number of aliphatic hydroxyl groups excluding tert-OH is 1. The zero-order valence-corrected chi connectivity index (χ0v) is 38.8. The first-order chi connectivity index (χ1) is 30.2. The zero-order chi connectivity index (χ0) is 47.1. The van der Waals surface area contributed by atoms with Crippen molar-refractivity contribution in [1.82, 2.24) is 25.3 Å². The second-order valence-corrected chi connectivity index (χ2v) is 18.3. The highest BCUT2D eigenvalue weighted by molar-refractivity contribution is 5.83. The number of ether oxygens (including phenoxy) is 4. The molecule has 0 unspecified atom stereocenters. The quantitative estimate of drug-likeness (QED) is 0.0331. The van der Waals surface area contributed by atoms with Gasteiger partial charge in [0, 0.05) is 51.2 Å². The van der Waals surface area contributed by atoms with Crippen molar-refractivity contribution in [2.45, 2.75) is 124 Å². The normalized spacial score (nSPS) is 15.3. The van der Waals surface area contributed by atoms with Crippen LogP contribution in [0.5, 0.6) is 5.75 Å². The Bertz CT molecular complexity index is 2020. The number of carbonyl (C=O) groups is 4. The van der Waals surface area contributed by atoms with Gasteiger partial charge in [-0.25, -0.2) is 9.59 Å². The molecule has 3 N–H and O–H groups in total. The maximum Gasteiger partial charge on any atom is 0.514 e. The standard InChI is InChI=1S/C46H68N6O12/c1-29(2)33(22-31-15-16-40-37(24-31)38(49-50(40)8)14-11-21-60-9)25-39(48-44(56)64-46(5,6)7)41(53)26-36(30(3)4)43(55)47-34-17-19-51(20-18-34)42(54)28-61-45(57)63-35-13-10-12-32(23-35)27-62-52(58)59/h10,12-13,15-16,23-24,29-30,33-34,36,39,41,53H,11,14,17-22,25-28H2,1-9H3,(H,47,55)(H,48,56)/t33-,36-,39-,41-/m0/s1. The van der Waals surface area contributed by atoms with Crippen LogP contribution in [0.15, 0.2) is 42.5 Å². The third-order valence-electron chi connectivity index (χ3n) is 11.5. The number of rotatable bonds is 22. The fraction of sp³-hybridized carbons (Fsp3) is 0.630. The summed E-state index contributed by atoms with van der Waals surface area (Å²) in [5.74, 6) is -1.06. The van der Waals surface area contributed by atoms with Crippen LogP contribution in [0.4, 0.5) is 9.59 Å². The molecule has 4 atom stereocenters. The lowest BCUT2D eigenvalue weighted by molar-refractivity contribution is -0.763. The SMILES string of the molecule is COCCCc1nn(C)c2ccc(C[C@@H](C[C@H](NC(=O)OC(C)(C)C)[C@@H](O)C[C@H](C(=O)NC3CCN(C(=O)COC(=O)Oc4cccc(CO[N+](=O)[O-])c4)CC3)C(C)C)C(C)C)cc12. The first-order valence-corrected chi connectivity index (χ1v) is 22.1. The Morgan fingerprint density at radius 1 is 1.00 bits per heavy atom. The lowest BCUT2D eigenvalue weighted by atomic mass is 9.80. The third kappa shape index (κ3) is 16.3. The van der Waals surface area contributed by atoms with Gasteiger partial charge in [0.05, 0.1) is 23.4 Å². The highest BCUT2D eigenvalue weighted by atomic mass is 16.9. The molecule has 354 valence electrons. The number of piperidine rings is 1. The summed E-state index contributed by atoms with van der Waals surface area (Å²) < 4.78 is 22.9. The zero-order valence-electron chi connectivity index (χ0n) is 38.8. The predicted octanol–water partition coefficient (Wildman–Crippen LogP) is 6.30. The summed E-state index contributed by atoms with van der Waals surface area (Å²) >= 11 is 0. The van der Waals surface area contributed by atoms with E-state index in [2.05, 4.69) is 47.5 Å². The van der Waals surface area contributed by atoms with Gasteiger partial charge in [-0.15, -0.1) is 10.1 Å². The second kappa shape index (κ2) is 24.0. The number of fused-ring (bicyclic) bond motifs is 1. The molecule has 18 heteroatoms. The molecule has 1 fully saturated rings. The second-order valence-electron chi connectivity index (χ2n) is 18.3. The number of likely N-dealkylation sites (tertiary alicyclic amines) is 1. The molecule has 4 rings (SSSR count). The van der Waals surface area contributed by atoms with Gasteiger partial charge in [0.25, 0.3) is 11.0 Å². The summed E-state index contributed by atoms with van der Waals surface area (Å²) in [6.45, 7) is 13.9. The molecule has 0 radical (unpaired) electrons. The molecule has 2 heterocycles. The van der Waals surface area contributed by atoms with Crippen LogP contribution in [0.2, 0.25) is 0 Å². The molecule has 0 saturated carbocycles. The molecule has 2 aromatic carbocycles. The Hall–Kier alpha value is -5.49. The highest BCUT2D eigenvalue weighted by Crippen LogP contribution is 2.30. The van der Waals surface area contributed by atoms with Crippen LogP contribution in [0.25, 0.3) is 10.9 Å². The minimum atomic E-state index is -1.11. The number of hydrogen-bond acceptors (Lipinski definition) is 13. The van der Waals surface area contributed by atoms with Crippen LogP contribution in [-0.2, 0) is 55.1 Å². The van der Waals surface area contributed by atoms with E-state index in [1.165, 1.54) is 18.2 Å². The molecule has 1 aliphatic rings. The van der Waals surface area contributed by atoms with Crippen LogP contribution >= 0.6 is 0 Å². The Kier molecular flexibility index (Phi) is 19.2. The summed E-state index contributed by atoms with van der Waals surface area (Å²) in [6, 6.07) is 11.4. The number of aromatic nitrogens is 2. The fourth-order valence-electron chi connectivity index (χ4n) is 7.92.